The maximum absolute atomic E-state index is 10.8. The first-order valence-corrected chi connectivity index (χ1v) is 5.36. The van der Waals surface area contributed by atoms with E-state index in [-0.39, 0.29) is 17.5 Å². The predicted octanol–water partition coefficient (Wildman–Crippen LogP) is 0.620. The van der Waals surface area contributed by atoms with Gasteiger partial charge in [0.05, 0.1) is 6.04 Å². The third-order valence-corrected chi connectivity index (χ3v) is 2.27. The van der Waals surface area contributed by atoms with Gasteiger partial charge in [0.15, 0.2) is 5.82 Å². The molecule has 0 fully saturated rings. The molecule has 3 N–H and O–H groups in total. The molecule has 0 aliphatic carbocycles. The van der Waals surface area contributed by atoms with Crippen LogP contribution in [0.4, 0.5) is 0 Å². The molecule has 2 aromatic heterocycles. The van der Waals surface area contributed by atoms with E-state index in [0.29, 0.717) is 11.5 Å². The Morgan fingerprint density at radius 2 is 2.35 bits per heavy atom. The van der Waals surface area contributed by atoms with Gasteiger partial charge in [-0.1, -0.05) is 18.5 Å². The number of aromatic nitrogens is 4. The van der Waals surface area contributed by atoms with Gasteiger partial charge in [0, 0.05) is 6.07 Å². The second-order valence-corrected chi connectivity index (χ2v) is 3.66. The number of nitrogens with zero attached hydrogens (tertiary/aromatic N) is 3. The number of H-pyrrole nitrogens is 1. The summed E-state index contributed by atoms with van der Waals surface area (Å²) in [6.07, 6.45) is 1.74. The SMILES string of the molecule is CCCC(N)c1noc(-c2ccc(=O)[nH]n2)n1. The zero-order valence-electron chi connectivity index (χ0n) is 9.38. The van der Waals surface area contributed by atoms with Crippen LogP contribution in [-0.4, -0.2) is 20.3 Å². The Labute approximate surface area is 97.0 Å². The third-order valence-electron chi connectivity index (χ3n) is 2.27. The van der Waals surface area contributed by atoms with E-state index >= 15 is 0 Å². The highest BCUT2D eigenvalue weighted by Crippen LogP contribution is 2.17. The Morgan fingerprint density at radius 3 is 3.00 bits per heavy atom. The van der Waals surface area contributed by atoms with Crippen molar-refractivity contribution in [2.45, 2.75) is 25.8 Å². The first kappa shape index (κ1) is 11.5. The molecule has 0 radical (unpaired) electrons. The molecule has 1 atom stereocenters. The van der Waals surface area contributed by atoms with Gasteiger partial charge in [0.2, 0.25) is 0 Å². The predicted molar refractivity (Wildman–Crippen MR) is 60.0 cm³/mol. The number of hydrogen-bond donors (Lipinski definition) is 2. The summed E-state index contributed by atoms with van der Waals surface area (Å²) in [6, 6.07) is 2.62. The van der Waals surface area contributed by atoms with E-state index in [1.807, 2.05) is 6.92 Å². The molecular formula is C10H13N5O2. The van der Waals surface area contributed by atoms with Crippen LogP contribution in [-0.2, 0) is 0 Å². The summed E-state index contributed by atoms with van der Waals surface area (Å²) in [4.78, 5) is 15.0. The quantitative estimate of drug-likeness (QED) is 0.803. The molecule has 7 heteroatoms. The van der Waals surface area contributed by atoms with Crippen LogP contribution in [0.5, 0.6) is 0 Å². The Balaban J connectivity index is 2.23. The van der Waals surface area contributed by atoms with E-state index in [1.165, 1.54) is 12.1 Å². The van der Waals surface area contributed by atoms with E-state index in [9.17, 15) is 4.79 Å². The fourth-order valence-electron chi connectivity index (χ4n) is 1.39. The lowest BCUT2D eigenvalue weighted by atomic mass is 10.2. The van der Waals surface area contributed by atoms with Crippen molar-refractivity contribution in [3.05, 3.63) is 28.3 Å². The van der Waals surface area contributed by atoms with Crippen LogP contribution in [0.2, 0.25) is 0 Å². The highest BCUT2D eigenvalue weighted by molar-refractivity contribution is 5.44. The molecule has 0 saturated heterocycles. The van der Waals surface area contributed by atoms with Crippen LogP contribution in [0.15, 0.2) is 21.5 Å². The fraction of sp³-hybridized carbons (Fsp3) is 0.400. The maximum atomic E-state index is 10.8. The lowest BCUT2D eigenvalue weighted by Gasteiger charge is -2.02. The number of aromatic amines is 1. The van der Waals surface area contributed by atoms with Crippen LogP contribution in [0.3, 0.4) is 0 Å². The van der Waals surface area contributed by atoms with Crippen molar-refractivity contribution in [3.63, 3.8) is 0 Å². The topological polar surface area (TPSA) is 111 Å². The molecule has 0 saturated carbocycles. The lowest BCUT2D eigenvalue weighted by Crippen LogP contribution is -2.11. The molecule has 2 aromatic rings. The van der Waals surface area contributed by atoms with Crippen molar-refractivity contribution in [2.24, 2.45) is 5.73 Å². The summed E-state index contributed by atoms with van der Waals surface area (Å²) in [5.74, 6) is 0.706. The summed E-state index contributed by atoms with van der Waals surface area (Å²) in [6.45, 7) is 2.03. The summed E-state index contributed by atoms with van der Waals surface area (Å²) in [7, 11) is 0. The number of hydrogen-bond acceptors (Lipinski definition) is 6. The lowest BCUT2D eigenvalue weighted by molar-refractivity contribution is 0.412. The molecule has 1 unspecified atom stereocenters. The molecule has 0 aliphatic heterocycles. The fourth-order valence-corrected chi connectivity index (χ4v) is 1.39. The largest absolute Gasteiger partial charge is 0.332 e. The van der Waals surface area contributed by atoms with Crippen molar-refractivity contribution in [1.82, 2.24) is 20.3 Å². The normalized spacial score (nSPS) is 12.6. The highest BCUT2D eigenvalue weighted by Gasteiger charge is 2.15. The Kier molecular flexibility index (Phi) is 3.29. The number of nitrogens with one attached hydrogen (secondary N) is 1. The summed E-state index contributed by atoms with van der Waals surface area (Å²) in [5.41, 5.74) is 6.00. The smallest absolute Gasteiger partial charge is 0.278 e. The van der Waals surface area contributed by atoms with Crippen molar-refractivity contribution >= 4 is 0 Å². The molecule has 0 bridgehead atoms. The van der Waals surface area contributed by atoms with Crippen molar-refractivity contribution in [3.8, 4) is 11.6 Å². The van der Waals surface area contributed by atoms with Gasteiger partial charge >= 0.3 is 0 Å². The van der Waals surface area contributed by atoms with Gasteiger partial charge in [0.1, 0.15) is 5.69 Å². The van der Waals surface area contributed by atoms with E-state index in [4.69, 9.17) is 10.3 Å². The summed E-state index contributed by atoms with van der Waals surface area (Å²) < 4.78 is 5.03. The second-order valence-electron chi connectivity index (χ2n) is 3.66. The van der Waals surface area contributed by atoms with E-state index in [1.54, 1.807) is 0 Å². The van der Waals surface area contributed by atoms with Crippen molar-refractivity contribution in [2.75, 3.05) is 0 Å². The standard InChI is InChI=1S/C10H13N5O2/c1-2-3-6(11)9-12-10(17-15-9)7-4-5-8(16)14-13-7/h4-6H,2-3,11H2,1H3,(H,14,16). The number of rotatable bonds is 4. The van der Waals surface area contributed by atoms with Gasteiger partial charge in [-0.2, -0.15) is 10.1 Å². The molecule has 17 heavy (non-hydrogen) atoms. The minimum atomic E-state index is -0.281. The third kappa shape index (κ3) is 2.56. The van der Waals surface area contributed by atoms with Gasteiger partial charge in [-0.3, -0.25) is 4.79 Å². The molecule has 0 aliphatic rings. The minimum absolute atomic E-state index is 0.236. The average Bonchev–Trinajstić information content (AvgIpc) is 2.80. The van der Waals surface area contributed by atoms with E-state index in [2.05, 4.69) is 20.3 Å². The molecule has 0 spiro atoms. The van der Waals surface area contributed by atoms with Gasteiger partial charge in [-0.15, -0.1) is 0 Å². The van der Waals surface area contributed by atoms with Gasteiger partial charge in [-0.25, -0.2) is 5.10 Å². The van der Waals surface area contributed by atoms with E-state index < -0.39 is 0 Å². The van der Waals surface area contributed by atoms with Crippen LogP contribution in [0.1, 0.15) is 31.6 Å². The minimum Gasteiger partial charge on any atom is -0.332 e. The molecule has 90 valence electrons. The van der Waals surface area contributed by atoms with Crippen LogP contribution in [0.25, 0.3) is 11.6 Å². The maximum Gasteiger partial charge on any atom is 0.278 e. The molecule has 2 heterocycles. The summed E-state index contributed by atoms with van der Waals surface area (Å²) in [5, 5.41) is 9.88. The van der Waals surface area contributed by atoms with Gasteiger partial charge in [-0.05, 0) is 12.5 Å². The first-order valence-electron chi connectivity index (χ1n) is 5.36. The molecule has 0 amide bonds. The zero-order valence-corrected chi connectivity index (χ0v) is 9.38. The molecular weight excluding hydrogens is 222 g/mol. The molecule has 0 aromatic carbocycles. The molecule has 2 rings (SSSR count). The van der Waals surface area contributed by atoms with Crippen LogP contribution in [0, 0.1) is 0 Å². The number of nitrogens with two attached hydrogens (primary N) is 1. The Morgan fingerprint density at radius 1 is 1.53 bits per heavy atom. The van der Waals surface area contributed by atoms with Crippen LogP contribution < -0.4 is 11.3 Å². The first-order chi connectivity index (χ1) is 8.20. The van der Waals surface area contributed by atoms with Crippen molar-refractivity contribution < 1.29 is 4.52 Å². The Bertz CT molecular complexity index is 527. The highest BCUT2D eigenvalue weighted by atomic mass is 16.5. The zero-order chi connectivity index (χ0) is 12.3. The summed E-state index contributed by atoms with van der Waals surface area (Å²) >= 11 is 0. The van der Waals surface area contributed by atoms with Gasteiger partial charge in [0.25, 0.3) is 11.4 Å². The van der Waals surface area contributed by atoms with Gasteiger partial charge < -0.3 is 10.3 Å². The second kappa shape index (κ2) is 4.88. The van der Waals surface area contributed by atoms with Crippen LogP contribution >= 0.6 is 0 Å². The average molecular weight is 235 g/mol. The monoisotopic (exact) mass is 235 g/mol. The Hall–Kier alpha value is -2.02. The molecule has 7 nitrogen and oxygen atoms in total. The van der Waals surface area contributed by atoms with E-state index in [0.717, 1.165) is 12.8 Å². The van der Waals surface area contributed by atoms with Crippen molar-refractivity contribution in [1.29, 1.82) is 0 Å².